The Kier molecular flexibility index (Phi) is 65.2. The van der Waals surface area contributed by atoms with Crippen molar-refractivity contribution in [3.8, 4) is 0 Å². The van der Waals surface area contributed by atoms with Crippen LogP contribution in [0.2, 0.25) is 0 Å². The third-order valence-corrected chi connectivity index (χ3v) is 18.8. The van der Waals surface area contributed by atoms with E-state index in [1.54, 1.807) is 0 Å². The first-order valence-electron chi connectivity index (χ1n) is 37.8. The smallest absolute Gasteiger partial charge is 0.462 e. The average molecular weight is 1340 g/mol. The van der Waals surface area contributed by atoms with Crippen molar-refractivity contribution in [2.24, 2.45) is 0 Å². The lowest BCUT2D eigenvalue weighted by Crippen LogP contribution is -2.30. The summed E-state index contributed by atoms with van der Waals surface area (Å²) in [7, 11) is -9.89. The van der Waals surface area contributed by atoms with Gasteiger partial charge in [0.05, 0.1) is 26.4 Å². The number of aliphatic hydroxyl groups excluding tert-OH is 1. The van der Waals surface area contributed by atoms with Crippen LogP contribution >= 0.6 is 15.6 Å². The Morgan fingerprint density at radius 1 is 0.264 bits per heavy atom. The summed E-state index contributed by atoms with van der Waals surface area (Å²) in [5.41, 5.74) is 0. The zero-order valence-electron chi connectivity index (χ0n) is 58.8. The van der Waals surface area contributed by atoms with Crippen molar-refractivity contribution >= 4 is 39.5 Å². The quantitative estimate of drug-likeness (QED) is 0.0222. The third-order valence-electron chi connectivity index (χ3n) is 16.9. The van der Waals surface area contributed by atoms with Gasteiger partial charge in [0.1, 0.15) is 19.3 Å². The molecule has 0 aromatic rings. The SMILES string of the molecule is CCCCCCCCCCCCCCCCCCCCCCCCC(=O)O[C@H](COC(=O)CCCCCCCCCCCCCCC)COP(=O)(O)OC[C@@H](O)COP(=O)(O)OC[C@@H](COC(=O)CCCCCCC)OC(=O)CCCCCCCCCCCCC. The summed E-state index contributed by atoms with van der Waals surface area (Å²) in [5.74, 6) is -2.13. The van der Waals surface area contributed by atoms with Crippen LogP contribution in [0.4, 0.5) is 0 Å². The minimum Gasteiger partial charge on any atom is -0.462 e. The van der Waals surface area contributed by atoms with E-state index in [2.05, 4.69) is 27.7 Å². The molecular formula is C72H140O17P2. The molecule has 0 radical (unpaired) electrons. The van der Waals surface area contributed by atoms with Crippen molar-refractivity contribution in [1.29, 1.82) is 0 Å². The number of rotatable bonds is 73. The zero-order chi connectivity index (χ0) is 66.8. The van der Waals surface area contributed by atoms with Crippen LogP contribution in [-0.2, 0) is 65.4 Å². The number of esters is 4. The highest BCUT2D eigenvalue weighted by atomic mass is 31.2. The van der Waals surface area contributed by atoms with Crippen LogP contribution in [0.5, 0.6) is 0 Å². The van der Waals surface area contributed by atoms with Crippen LogP contribution in [0.1, 0.15) is 381 Å². The topological polar surface area (TPSA) is 237 Å². The Hall–Kier alpha value is -1.94. The first kappa shape index (κ1) is 89.1. The number of aliphatic hydroxyl groups is 1. The predicted molar refractivity (Wildman–Crippen MR) is 368 cm³/mol. The van der Waals surface area contributed by atoms with Gasteiger partial charge in [-0.1, -0.05) is 329 Å². The number of unbranched alkanes of at least 4 members (excludes halogenated alkanes) is 47. The standard InChI is InChI=1S/C72H140O17P2/c1-5-9-13-17-20-23-26-28-29-30-31-32-33-34-35-36-38-41-44-47-51-55-59-72(77)89-68(63-83-70(75)57-53-49-45-42-40-37-27-24-21-18-14-10-6-2)65-87-91(80,81)85-61-66(73)60-84-90(78,79)86-64-67(62-82-69(74)56-52-48-16-12-8-4)88-71(76)58-54-50-46-43-39-25-22-19-15-11-7-3/h66-68,73H,5-65H2,1-4H3,(H,78,79)(H,80,81)/t66-,67+,68+/m0/s1. The van der Waals surface area contributed by atoms with Crippen LogP contribution in [0, 0.1) is 0 Å². The maximum absolute atomic E-state index is 13.0. The molecule has 3 N–H and O–H groups in total. The van der Waals surface area contributed by atoms with E-state index in [1.165, 1.54) is 205 Å². The molecule has 5 atom stereocenters. The number of phosphoric ester groups is 2. The van der Waals surface area contributed by atoms with Gasteiger partial charge in [-0.2, -0.15) is 0 Å². The van der Waals surface area contributed by atoms with Crippen molar-refractivity contribution in [2.75, 3.05) is 39.6 Å². The lowest BCUT2D eigenvalue weighted by molar-refractivity contribution is -0.161. The molecule has 17 nitrogen and oxygen atoms in total. The summed E-state index contributed by atoms with van der Waals surface area (Å²) in [6.07, 6.45) is 56.0. The van der Waals surface area contributed by atoms with E-state index >= 15 is 0 Å². The van der Waals surface area contributed by atoms with Crippen molar-refractivity contribution in [2.45, 2.75) is 399 Å². The Morgan fingerprint density at radius 2 is 0.440 bits per heavy atom. The average Bonchev–Trinajstić information content (AvgIpc) is 3.70. The monoisotopic (exact) mass is 1340 g/mol. The lowest BCUT2D eigenvalue weighted by Gasteiger charge is -2.21. The molecule has 2 unspecified atom stereocenters. The van der Waals surface area contributed by atoms with Crippen molar-refractivity contribution in [1.82, 2.24) is 0 Å². The summed E-state index contributed by atoms with van der Waals surface area (Å²) >= 11 is 0. The summed E-state index contributed by atoms with van der Waals surface area (Å²) in [5, 5.41) is 10.6. The lowest BCUT2D eigenvalue weighted by atomic mass is 10.0. The first-order valence-corrected chi connectivity index (χ1v) is 40.8. The molecule has 0 fully saturated rings. The fraction of sp³-hybridized carbons (Fsp3) is 0.944. The minimum atomic E-state index is -4.95. The molecule has 0 aliphatic rings. The Morgan fingerprint density at radius 3 is 0.648 bits per heavy atom. The number of carbonyl (C=O) groups is 4. The van der Waals surface area contributed by atoms with Gasteiger partial charge in [0, 0.05) is 25.7 Å². The molecule has 0 saturated carbocycles. The van der Waals surface area contributed by atoms with Crippen molar-refractivity contribution in [3.05, 3.63) is 0 Å². The summed E-state index contributed by atoms with van der Waals surface area (Å²) in [6, 6.07) is 0. The molecule has 0 saturated heterocycles. The summed E-state index contributed by atoms with van der Waals surface area (Å²) in [4.78, 5) is 72.3. The number of phosphoric acid groups is 2. The molecule has 0 rings (SSSR count). The van der Waals surface area contributed by atoms with Gasteiger partial charge in [-0.3, -0.25) is 37.3 Å². The van der Waals surface area contributed by atoms with Gasteiger partial charge in [0.25, 0.3) is 0 Å². The van der Waals surface area contributed by atoms with Gasteiger partial charge in [-0.05, 0) is 25.7 Å². The van der Waals surface area contributed by atoms with E-state index in [4.69, 9.17) is 37.0 Å². The molecule has 19 heteroatoms. The van der Waals surface area contributed by atoms with E-state index in [0.717, 1.165) is 96.3 Å². The molecule has 0 aromatic carbocycles. The molecule has 540 valence electrons. The van der Waals surface area contributed by atoms with Crippen molar-refractivity contribution in [3.63, 3.8) is 0 Å². The molecule has 91 heavy (non-hydrogen) atoms. The molecule has 0 bridgehead atoms. The maximum atomic E-state index is 13.0. The van der Waals surface area contributed by atoms with E-state index in [1.807, 2.05) is 0 Å². The van der Waals surface area contributed by atoms with Gasteiger partial charge in [0.2, 0.25) is 0 Å². The van der Waals surface area contributed by atoms with Crippen LogP contribution in [-0.4, -0.2) is 96.7 Å². The fourth-order valence-corrected chi connectivity index (χ4v) is 12.6. The predicted octanol–water partition coefficient (Wildman–Crippen LogP) is 21.1. The molecule has 0 aliphatic heterocycles. The molecule has 0 aliphatic carbocycles. The number of hydrogen-bond donors (Lipinski definition) is 3. The summed E-state index contributed by atoms with van der Waals surface area (Å²) in [6.45, 7) is 4.86. The molecular weight excluding hydrogens is 1200 g/mol. The largest absolute Gasteiger partial charge is 0.472 e. The fourth-order valence-electron chi connectivity index (χ4n) is 11.0. The second kappa shape index (κ2) is 66.7. The zero-order valence-corrected chi connectivity index (χ0v) is 60.6. The maximum Gasteiger partial charge on any atom is 0.472 e. The van der Waals surface area contributed by atoms with Crippen LogP contribution in [0.3, 0.4) is 0 Å². The number of carbonyl (C=O) groups excluding carboxylic acids is 4. The Labute approximate surface area is 556 Å². The van der Waals surface area contributed by atoms with Crippen LogP contribution in [0.25, 0.3) is 0 Å². The second-order valence-electron chi connectivity index (χ2n) is 26.0. The first-order chi connectivity index (χ1) is 44.2. The van der Waals surface area contributed by atoms with Crippen LogP contribution in [0.15, 0.2) is 0 Å². The van der Waals surface area contributed by atoms with Gasteiger partial charge in [-0.25, -0.2) is 9.13 Å². The highest BCUT2D eigenvalue weighted by Crippen LogP contribution is 2.45. The van der Waals surface area contributed by atoms with Gasteiger partial charge in [0.15, 0.2) is 12.2 Å². The highest BCUT2D eigenvalue weighted by molar-refractivity contribution is 7.47. The molecule has 0 amide bonds. The second-order valence-corrected chi connectivity index (χ2v) is 28.9. The van der Waals surface area contributed by atoms with Gasteiger partial charge >= 0.3 is 39.5 Å². The highest BCUT2D eigenvalue weighted by Gasteiger charge is 2.30. The Bertz CT molecular complexity index is 1740. The van der Waals surface area contributed by atoms with E-state index in [-0.39, 0.29) is 25.7 Å². The molecule has 0 heterocycles. The summed E-state index contributed by atoms with van der Waals surface area (Å²) < 4.78 is 68.1. The number of hydrogen-bond acceptors (Lipinski definition) is 15. The minimum absolute atomic E-state index is 0.106. The third kappa shape index (κ3) is 66.5. The van der Waals surface area contributed by atoms with Crippen LogP contribution < -0.4 is 0 Å². The Balaban J connectivity index is 5.09. The normalized spacial score (nSPS) is 14.0. The van der Waals surface area contributed by atoms with Gasteiger partial charge < -0.3 is 33.8 Å². The van der Waals surface area contributed by atoms with Crippen molar-refractivity contribution < 1.29 is 80.2 Å². The van der Waals surface area contributed by atoms with E-state index in [0.29, 0.717) is 25.7 Å². The number of ether oxygens (including phenoxy) is 4. The van der Waals surface area contributed by atoms with E-state index in [9.17, 15) is 43.2 Å². The molecule has 0 spiro atoms. The van der Waals surface area contributed by atoms with Gasteiger partial charge in [-0.15, -0.1) is 0 Å². The van der Waals surface area contributed by atoms with E-state index < -0.39 is 97.5 Å². The molecule has 0 aromatic heterocycles.